The molecule has 2 aromatic carbocycles. The molecule has 0 atom stereocenters. The second-order valence-corrected chi connectivity index (χ2v) is 7.29. The molecule has 0 unspecified atom stereocenters. The number of hydrogen-bond acceptors (Lipinski definition) is 1. The van der Waals surface area contributed by atoms with Crippen LogP contribution >= 0.6 is 15.9 Å². The van der Waals surface area contributed by atoms with Gasteiger partial charge in [-0.05, 0) is 35.8 Å². The number of amides is 1. The number of nitrogens with one attached hydrogen (secondary N) is 1. The standard InChI is InChI=1S/C21H19BrN2O/c22-17-7-5-15(6-8-17)13-21(25)24-11-9-16(10-12-24)19-14-23-20-4-2-1-3-18(19)20/h1-9,14,23H,10-13H2. The van der Waals surface area contributed by atoms with Crippen molar-refractivity contribution < 1.29 is 4.79 Å². The van der Waals surface area contributed by atoms with Gasteiger partial charge in [-0.15, -0.1) is 0 Å². The number of carbonyl (C=O) groups is 1. The zero-order valence-electron chi connectivity index (χ0n) is 13.8. The summed E-state index contributed by atoms with van der Waals surface area (Å²) in [5.74, 6) is 0.191. The largest absolute Gasteiger partial charge is 0.361 e. The predicted octanol–water partition coefficient (Wildman–Crippen LogP) is 4.79. The lowest BCUT2D eigenvalue weighted by atomic mass is 9.98. The third-order valence-corrected chi connectivity index (χ3v) is 5.29. The van der Waals surface area contributed by atoms with Crippen molar-refractivity contribution in [1.29, 1.82) is 0 Å². The number of hydrogen-bond donors (Lipinski definition) is 1. The Morgan fingerprint density at radius 2 is 1.92 bits per heavy atom. The monoisotopic (exact) mass is 394 g/mol. The molecule has 3 aromatic rings. The first-order chi connectivity index (χ1) is 12.2. The summed E-state index contributed by atoms with van der Waals surface area (Å²) < 4.78 is 1.04. The van der Waals surface area contributed by atoms with Crippen molar-refractivity contribution in [2.75, 3.05) is 13.1 Å². The first kappa shape index (κ1) is 16.2. The fourth-order valence-electron chi connectivity index (χ4n) is 3.37. The van der Waals surface area contributed by atoms with Crippen molar-refractivity contribution in [3.63, 3.8) is 0 Å². The van der Waals surface area contributed by atoms with Crippen molar-refractivity contribution in [2.24, 2.45) is 0 Å². The van der Waals surface area contributed by atoms with Crippen molar-refractivity contribution in [1.82, 2.24) is 9.88 Å². The van der Waals surface area contributed by atoms with Gasteiger partial charge in [0.05, 0.1) is 6.42 Å². The molecule has 126 valence electrons. The van der Waals surface area contributed by atoms with Gasteiger partial charge in [-0.3, -0.25) is 4.79 Å². The van der Waals surface area contributed by atoms with Gasteiger partial charge in [0.15, 0.2) is 0 Å². The third-order valence-electron chi connectivity index (χ3n) is 4.77. The Hall–Kier alpha value is -2.33. The minimum absolute atomic E-state index is 0.191. The van der Waals surface area contributed by atoms with E-state index in [4.69, 9.17) is 0 Å². The van der Waals surface area contributed by atoms with Gasteiger partial charge in [-0.25, -0.2) is 0 Å². The summed E-state index contributed by atoms with van der Waals surface area (Å²) in [6, 6.07) is 16.3. The number of carbonyl (C=O) groups excluding carboxylic acids is 1. The van der Waals surface area contributed by atoms with Gasteiger partial charge >= 0.3 is 0 Å². The van der Waals surface area contributed by atoms with Crippen LogP contribution in [0.1, 0.15) is 17.5 Å². The lowest BCUT2D eigenvalue weighted by molar-refractivity contribution is -0.130. The number of rotatable bonds is 3. The van der Waals surface area contributed by atoms with Crippen LogP contribution in [-0.2, 0) is 11.2 Å². The second kappa shape index (κ2) is 6.89. The molecule has 0 aliphatic carbocycles. The zero-order valence-corrected chi connectivity index (χ0v) is 15.4. The van der Waals surface area contributed by atoms with Crippen LogP contribution in [0.5, 0.6) is 0 Å². The number of benzene rings is 2. The van der Waals surface area contributed by atoms with E-state index in [0.29, 0.717) is 13.0 Å². The fraction of sp³-hybridized carbons (Fsp3) is 0.190. The molecule has 0 radical (unpaired) electrons. The summed E-state index contributed by atoms with van der Waals surface area (Å²) in [4.78, 5) is 17.8. The van der Waals surface area contributed by atoms with E-state index in [0.717, 1.165) is 28.5 Å². The molecule has 0 fully saturated rings. The summed E-state index contributed by atoms with van der Waals surface area (Å²) in [7, 11) is 0. The quantitative estimate of drug-likeness (QED) is 0.680. The average molecular weight is 395 g/mol. The molecule has 1 N–H and O–H groups in total. The molecule has 1 aliphatic rings. The number of fused-ring (bicyclic) bond motifs is 1. The first-order valence-corrected chi connectivity index (χ1v) is 9.28. The molecule has 25 heavy (non-hydrogen) atoms. The van der Waals surface area contributed by atoms with Crippen LogP contribution in [-0.4, -0.2) is 28.9 Å². The summed E-state index contributed by atoms with van der Waals surface area (Å²) in [6.07, 6.45) is 5.63. The van der Waals surface area contributed by atoms with E-state index in [9.17, 15) is 4.79 Å². The van der Waals surface area contributed by atoms with Crippen LogP contribution in [0.2, 0.25) is 0 Å². The summed E-state index contributed by atoms with van der Waals surface area (Å²) in [6.45, 7) is 1.46. The average Bonchev–Trinajstić information content (AvgIpc) is 3.08. The van der Waals surface area contributed by atoms with Gasteiger partial charge in [0, 0.05) is 40.2 Å². The van der Waals surface area contributed by atoms with E-state index in [1.54, 1.807) is 0 Å². The second-order valence-electron chi connectivity index (χ2n) is 6.37. The van der Waals surface area contributed by atoms with E-state index < -0.39 is 0 Å². The van der Waals surface area contributed by atoms with Crippen LogP contribution in [0.15, 0.2) is 65.3 Å². The molecule has 0 saturated heterocycles. The van der Waals surface area contributed by atoms with Gasteiger partial charge in [-0.2, -0.15) is 0 Å². The highest BCUT2D eigenvalue weighted by molar-refractivity contribution is 9.10. The van der Waals surface area contributed by atoms with E-state index >= 15 is 0 Å². The van der Waals surface area contributed by atoms with Crippen molar-refractivity contribution in [2.45, 2.75) is 12.8 Å². The Morgan fingerprint density at radius 3 is 2.68 bits per heavy atom. The highest BCUT2D eigenvalue weighted by Crippen LogP contribution is 2.29. The Labute approximate surface area is 155 Å². The summed E-state index contributed by atoms with van der Waals surface area (Å²) in [5.41, 5.74) is 4.80. The highest BCUT2D eigenvalue weighted by atomic mass is 79.9. The molecule has 1 aliphatic heterocycles. The van der Waals surface area contributed by atoms with Gasteiger partial charge in [0.2, 0.25) is 5.91 Å². The number of aromatic nitrogens is 1. The van der Waals surface area contributed by atoms with E-state index in [-0.39, 0.29) is 5.91 Å². The maximum atomic E-state index is 12.5. The number of para-hydroxylation sites is 1. The van der Waals surface area contributed by atoms with Gasteiger partial charge < -0.3 is 9.88 Å². The molecule has 2 heterocycles. The molecular formula is C21H19BrN2O. The maximum Gasteiger partial charge on any atom is 0.227 e. The first-order valence-electron chi connectivity index (χ1n) is 8.48. The molecule has 1 aromatic heterocycles. The molecule has 1 amide bonds. The lowest BCUT2D eigenvalue weighted by Gasteiger charge is -2.26. The molecular weight excluding hydrogens is 376 g/mol. The minimum Gasteiger partial charge on any atom is -0.361 e. The SMILES string of the molecule is O=C(Cc1ccc(Br)cc1)N1CC=C(c2c[nH]c3ccccc23)CC1. The van der Waals surface area contributed by atoms with Crippen LogP contribution in [0.25, 0.3) is 16.5 Å². The van der Waals surface area contributed by atoms with Crippen molar-refractivity contribution in [3.05, 3.63) is 76.4 Å². The van der Waals surface area contributed by atoms with Crippen LogP contribution < -0.4 is 0 Å². The molecule has 0 bridgehead atoms. The van der Waals surface area contributed by atoms with Crippen LogP contribution in [0, 0.1) is 0 Å². The summed E-state index contributed by atoms with van der Waals surface area (Å²) in [5, 5.41) is 1.25. The van der Waals surface area contributed by atoms with Gasteiger partial charge in [-0.1, -0.05) is 52.3 Å². The smallest absolute Gasteiger partial charge is 0.227 e. The van der Waals surface area contributed by atoms with E-state index in [1.165, 1.54) is 16.5 Å². The molecule has 4 heteroatoms. The van der Waals surface area contributed by atoms with Crippen LogP contribution in [0.3, 0.4) is 0 Å². The predicted molar refractivity (Wildman–Crippen MR) is 105 cm³/mol. The molecule has 0 saturated carbocycles. The highest BCUT2D eigenvalue weighted by Gasteiger charge is 2.19. The minimum atomic E-state index is 0.191. The Kier molecular flexibility index (Phi) is 4.45. The Balaban J connectivity index is 1.46. The number of halogens is 1. The summed E-state index contributed by atoms with van der Waals surface area (Å²) >= 11 is 3.43. The van der Waals surface area contributed by atoms with E-state index in [2.05, 4.69) is 51.4 Å². The molecule has 3 nitrogen and oxygen atoms in total. The van der Waals surface area contributed by atoms with Gasteiger partial charge in [0.1, 0.15) is 0 Å². The number of nitrogens with zero attached hydrogens (tertiary/aromatic N) is 1. The third kappa shape index (κ3) is 3.40. The molecule has 4 rings (SSSR count). The Morgan fingerprint density at radius 1 is 1.12 bits per heavy atom. The zero-order chi connectivity index (χ0) is 17.2. The molecule has 0 spiro atoms. The number of aromatic amines is 1. The van der Waals surface area contributed by atoms with Crippen molar-refractivity contribution >= 4 is 38.3 Å². The van der Waals surface area contributed by atoms with Crippen molar-refractivity contribution in [3.8, 4) is 0 Å². The normalized spacial score (nSPS) is 14.6. The topological polar surface area (TPSA) is 36.1 Å². The van der Waals surface area contributed by atoms with E-state index in [1.807, 2.05) is 35.2 Å². The number of H-pyrrole nitrogens is 1. The van der Waals surface area contributed by atoms with Gasteiger partial charge in [0.25, 0.3) is 0 Å². The fourth-order valence-corrected chi connectivity index (χ4v) is 3.63. The Bertz CT molecular complexity index is 940. The lowest BCUT2D eigenvalue weighted by Crippen LogP contribution is -2.35. The maximum absolute atomic E-state index is 12.5. The van der Waals surface area contributed by atoms with Crippen LogP contribution in [0.4, 0.5) is 0 Å².